The fourth-order valence-corrected chi connectivity index (χ4v) is 2.24. The molecule has 0 radical (unpaired) electrons. The van der Waals surface area contributed by atoms with Crippen LogP contribution in [0.5, 0.6) is 0 Å². The molecule has 0 spiro atoms. The lowest BCUT2D eigenvalue weighted by Gasteiger charge is -2.25. The van der Waals surface area contributed by atoms with Gasteiger partial charge in [0, 0.05) is 5.54 Å². The first-order chi connectivity index (χ1) is 12.3. The third kappa shape index (κ3) is 6.59. The molecule has 0 unspecified atom stereocenters. The van der Waals surface area contributed by atoms with Crippen molar-refractivity contribution in [1.29, 1.82) is 0 Å². The third-order valence-electron chi connectivity index (χ3n) is 3.40. The molecule has 0 bridgehead atoms. The second-order valence-corrected chi connectivity index (χ2v) is 7.27. The van der Waals surface area contributed by atoms with Gasteiger partial charge >= 0.3 is 12.0 Å². The predicted molar refractivity (Wildman–Crippen MR) is 94.8 cm³/mol. The van der Waals surface area contributed by atoms with E-state index < -0.39 is 52.8 Å². The fraction of sp³-hybridized carbons (Fsp3) is 0.500. The van der Waals surface area contributed by atoms with Crippen LogP contribution < -0.4 is 10.6 Å². The van der Waals surface area contributed by atoms with Crippen LogP contribution in [-0.2, 0) is 14.3 Å². The van der Waals surface area contributed by atoms with Gasteiger partial charge in [-0.15, -0.1) is 0 Å². The van der Waals surface area contributed by atoms with Crippen LogP contribution in [0.1, 0.15) is 39.3 Å². The molecular weight excluding hydrogens is 360 g/mol. The summed E-state index contributed by atoms with van der Waals surface area (Å²) in [6, 6.07) is 1.07. The molecule has 7 nitrogen and oxygen atoms in total. The Morgan fingerprint density at radius 2 is 1.63 bits per heavy atom. The number of benzene rings is 1. The van der Waals surface area contributed by atoms with Crippen molar-refractivity contribution in [1.82, 2.24) is 15.5 Å². The highest BCUT2D eigenvalue weighted by Gasteiger charge is 2.33. The number of amides is 3. The van der Waals surface area contributed by atoms with Crippen molar-refractivity contribution in [2.75, 3.05) is 14.1 Å². The van der Waals surface area contributed by atoms with Gasteiger partial charge in [0.15, 0.2) is 6.10 Å². The van der Waals surface area contributed by atoms with Crippen LogP contribution in [0, 0.1) is 11.6 Å². The van der Waals surface area contributed by atoms with Crippen molar-refractivity contribution in [2.24, 2.45) is 0 Å². The minimum absolute atomic E-state index is 0.481. The standard InChI is InChI=1S/C18H25F2N3O4/c1-10(15(24)21-17(26)22-18(2,3)4)27-16(25)14(23(5)6)13-11(19)8-7-9-12(13)20/h7-10,14H,1-6H3,(H2,21,22,24,26)/t10-,14+/m0/s1. The molecule has 1 aromatic rings. The van der Waals surface area contributed by atoms with Gasteiger partial charge < -0.3 is 10.1 Å². The zero-order valence-corrected chi connectivity index (χ0v) is 16.2. The number of halogens is 2. The van der Waals surface area contributed by atoms with E-state index in [1.54, 1.807) is 20.8 Å². The van der Waals surface area contributed by atoms with Gasteiger partial charge in [0.25, 0.3) is 5.91 Å². The molecule has 0 saturated carbocycles. The SMILES string of the molecule is C[C@H](OC(=O)[C@@H](c1c(F)cccc1F)N(C)C)C(=O)NC(=O)NC(C)(C)C. The minimum atomic E-state index is -1.40. The summed E-state index contributed by atoms with van der Waals surface area (Å²) >= 11 is 0. The lowest BCUT2D eigenvalue weighted by atomic mass is 10.0. The molecule has 0 aromatic heterocycles. The zero-order chi connectivity index (χ0) is 20.9. The fourth-order valence-electron chi connectivity index (χ4n) is 2.24. The maximum Gasteiger partial charge on any atom is 0.328 e. The van der Waals surface area contributed by atoms with Crippen LogP contribution in [0.4, 0.5) is 13.6 Å². The summed E-state index contributed by atoms with van der Waals surface area (Å²) < 4.78 is 33.1. The summed E-state index contributed by atoms with van der Waals surface area (Å²) in [6.07, 6.45) is -1.35. The molecule has 1 rings (SSSR count). The summed E-state index contributed by atoms with van der Waals surface area (Å²) in [5.41, 5.74) is -1.05. The van der Waals surface area contributed by atoms with Gasteiger partial charge in [0.1, 0.15) is 17.7 Å². The molecule has 9 heteroatoms. The smallest absolute Gasteiger partial charge is 0.328 e. The second kappa shape index (κ2) is 8.90. The van der Waals surface area contributed by atoms with E-state index in [1.165, 1.54) is 32.0 Å². The minimum Gasteiger partial charge on any atom is -0.451 e. The van der Waals surface area contributed by atoms with Gasteiger partial charge in [-0.05, 0) is 53.9 Å². The number of esters is 1. The Labute approximate surface area is 157 Å². The number of hydrogen-bond acceptors (Lipinski definition) is 5. The number of nitrogens with one attached hydrogen (secondary N) is 2. The maximum atomic E-state index is 14.0. The van der Waals surface area contributed by atoms with Gasteiger partial charge in [-0.3, -0.25) is 15.0 Å². The first-order valence-electron chi connectivity index (χ1n) is 8.27. The van der Waals surface area contributed by atoms with Crippen molar-refractivity contribution in [3.05, 3.63) is 35.4 Å². The van der Waals surface area contributed by atoms with Gasteiger partial charge in [0.2, 0.25) is 0 Å². The third-order valence-corrected chi connectivity index (χ3v) is 3.40. The van der Waals surface area contributed by atoms with Crippen LogP contribution in [0.2, 0.25) is 0 Å². The average molecular weight is 385 g/mol. The van der Waals surface area contributed by atoms with Crippen LogP contribution in [0.15, 0.2) is 18.2 Å². The lowest BCUT2D eigenvalue weighted by Crippen LogP contribution is -2.50. The van der Waals surface area contributed by atoms with E-state index in [9.17, 15) is 23.2 Å². The number of carbonyl (C=O) groups is 3. The van der Waals surface area contributed by atoms with E-state index in [2.05, 4.69) is 5.32 Å². The first kappa shape index (κ1) is 22.5. The van der Waals surface area contributed by atoms with Crippen LogP contribution in [-0.4, -0.2) is 48.5 Å². The number of urea groups is 1. The van der Waals surface area contributed by atoms with E-state index in [-0.39, 0.29) is 0 Å². The first-order valence-corrected chi connectivity index (χ1v) is 8.27. The van der Waals surface area contributed by atoms with Crippen molar-refractivity contribution >= 4 is 17.9 Å². The Morgan fingerprint density at radius 1 is 1.11 bits per heavy atom. The van der Waals surface area contributed by atoms with E-state index in [4.69, 9.17) is 4.74 Å². The van der Waals surface area contributed by atoms with Crippen LogP contribution >= 0.6 is 0 Å². The van der Waals surface area contributed by atoms with Crippen molar-refractivity contribution < 1.29 is 27.9 Å². The molecule has 150 valence electrons. The molecule has 0 aliphatic heterocycles. The van der Waals surface area contributed by atoms with E-state index in [0.29, 0.717) is 0 Å². The quantitative estimate of drug-likeness (QED) is 0.758. The normalized spacial score (nSPS) is 13.7. The summed E-state index contributed by atoms with van der Waals surface area (Å²) in [7, 11) is 2.89. The van der Waals surface area contributed by atoms with Gasteiger partial charge in [-0.25, -0.2) is 18.4 Å². The highest BCUT2D eigenvalue weighted by Crippen LogP contribution is 2.26. The Bertz CT molecular complexity index is 697. The summed E-state index contributed by atoms with van der Waals surface area (Å²) in [4.78, 5) is 37.5. The number of ether oxygens (including phenoxy) is 1. The van der Waals surface area contributed by atoms with Crippen molar-refractivity contribution in [2.45, 2.75) is 45.4 Å². The number of likely N-dealkylation sites (N-methyl/N-ethyl adjacent to an activating group) is 1. The molecule has 3 amide bonds. The number of carbonyl (C=O) groups excluding carboxylic acids is 3. The highest BCUT2D eigenvalue weighted by molar-refractivity contribution is 5.97. The Balaban J connectivity index is 2.88. The molecule has 0 saturated heterocycles. The molecule has 27 heavy (non-hydrogen) atoms. The van der Waals surface area contributed by atoms with Crippen LogP contribution in [0.25, 0.3) is 0 Å². The Morgan fingerprint density at radius 3 is 2.07 bits per heavy atom. The molecule has 0 aliphatic rings. The summed E-state index contributed by atoms with van der Waals surface area (Å²) in [6.45, 7) is 6.43. The number of nitrogens with zero attached hydrogens (tertiary/aromatic N) is 1. The number of imide groups is 1. The summed E-state index contributed by atoms with van der Waals surface area (Å²) in [5.74, 6) is -3.71. The number of rotatable bonds is 5. The molecule has 1 aromatic carbocycles. The molecular formula is C18H25F2N3O4. The lowest BCUT2D eigenvalue weighted by molar-refractivity contribution is -0.159. The largest absolute Gasteiger partial charge is 0.451 e. The van der Waals surface area contributed by atoms with Gasteiger partial charge in [0.05, 0.1) is 5.56 Å². The van der Waals surface area contributed by atoms with Crippen LogP contribution in [0.3, 0.4) is 0 Å². The molecule has 0 fully saturated rings. The van der Waals surface area contributed by atoms with Gasteiger partial charge in [-0.2, -0.15) is 0 Å². The highest BCUT2D eigenvalue weighted by atomic mass is 19.1. The molecule has 2 N–H and O–H groups in total. The van der Waals surface area contributed by atoms with E-state index >= 15 is 0 Å². The molecule has 2 atom stereocenters. The van der Waals surface area contributed by atoms with Crippen molar-refractivity contribution in [3.8, 4) is 0 Å². The zero-order valence-electron chi connectivity index (χ0n) is 16.2. The monoisotopic (exact) mass is 385 g/mol. The topological polar surface area (TPSA) is 87.7 Å². The Kier molecular flexibility index (Phi) is 7.41. The molecule has 0 aliphatic carbocycles. The average Bonchev–Trinajstić information content (AvgIpc) is 2.48. The maximum absolute atomic E-state index is 14.0. The van der Waals surface area contributed by atoms with E-state index in [1.807, 2.05) is 5.32 Å². The second-order valence-electron chi connectivity index (χ2n) is 7.27. The number of hydrogen-bond donors (Lipinski definition) is 2. The van der Waals surface area contributed by atoms with Crippen molar-refractivity contribution in [3.63, 3.8) is 0 Å². The summed E-state index contributed by atoms with van der Waals surface area (Å²) in [5, 5.41) is 4.57. The molecule has 0 heterocycles. The van der Waals surface area contributed by atoms with E-state index in [0.717, 1.165) is 12.1 Å². The van der Waals surface area contributed by atoms with Gasteiger partial charge in [-0.1, -0.05) is 6.07 Å². The predicted octanol–water partition coefficient (Wildman–Crippen LogP) is 2.12. The Hall–Kier alpha value is -2.55.